The monoisotopic (exact) mass is 458 g/mol. The Hall–Kier alpha value is -4.04. The van der Waals surface area contributed by atoms with Crippen molar-refractivity contribution in [3.63, 3.8) is 0 Å². The lowest BCUT2D eigenvalue weighted by Gasteiger charge is -2.29. The van der Waals surface area contributed by atoms with E-state index in [1.54, 1.807) is 27.8 Å². The largest absolute Gasteiger partial charge is 0.392 e. The van der Waals surface area contributed by atoms with Crippen molar-refractivity contribution in [1.82, 2.24) is 14.7 Å². The van der Waals surface area contributed by atoms with E-state index >= 15 is 0 Å². The average molecular weight is 458 g/mol. The number of rotatable bonds is 4. The summed E-state index contributed by atoms with van der Waals surface area (Å²) in [5.74, 6) is -0.945. The van der Waals surface area contributed by atoms with Gasteiger partial charge >= 0.3 is 0 Å². The number of hydrogen-bond donors (Lipinski definition) is 2. The summed E-state index contributed by atoms with van der Waals surface area (Å²) in [6.07, 6.45) is 2.61. The van der Waals surface area contributed by atoms with Crippen LogP contribution in [0.15, 0.2) is 60.8 Å². The molecule has 34 heavy (non-hydrogen) atoms. The highest BCUT2D eigenvalue weighted by molar-refractivity contribution is 6.04. The van der Waals surface area contributed by atoms with E-state index in [4.69, 9.17) is 0 Å². The maximum absolute atomic E-state index is 13.6. The van der Waals surface area contributed by atoms with Crippen LogP contribution >= 0.6 is 0 Å². The molecule has 0 spiro atoms. The van der Waals surface area contributed by atoms with E-state index in [9.17, 15) is 19.1 Å². The third-order valence-corrected chi connectivity index (χ3v) is 6.11. The Bertz CT molecular complexity index is 1430. The Balaban J connectivity index is 1.34. The molecule has 0 radical (unpaired) electrons. The van der Waals surface area contributed by atoms with Gasteiger partial charge in [-0.3, -0.25) is 14.3 Å². The third kappa shape index (κ3) is 4.15. The van der Waals surface area contributed by atoms with Crippen molar-refractivity contribution < 1.29 is 19.1 Å². The van der Waals surface area contributed by atoms with E-state index < -0.39 is 12.4 Å². The van der Waals surface area contributed by atoms with Crippen LogP contribution in [0.4, 0.5) is 10.1 Å². The number of hydrogen-bond acceptors (Lipinski definition) is 4. The zero-order valence-corrected chi connectivity index (χ0v) is 18.6. The highest BCUT2D eigenvalue weighted by atomic mass is 19.1. The van der Waals surface area contributed by atoms with Gasteiger partial charge in [0.1, 0.15) is 5.82 Å². The van der Waals surface area contributed by atoms with Gasteiger partial charge in [-0.25, -0.2) is 4.39 Å². The predicted octanol–water partition coefficient (Wildman–Crippen LogP) is 3.66. The molecule has 7 nitrogen and oxygen atoms in total. The summed E-state index contributed by atoms with van der Waals surface area (Å²) < 4.78 is 15.3. The molecule has 1 aromatic heterocycles. The minimum atomic E-state index is -0.527. The van der Waals surface area contributed by atoms with Crippen LogP contribution in [0.25, 0.3) is 10.9 Å². The molecule has 172 valence electrons. The molecule has 4 aromatic rings. The van der Waals surface area contributed by atoms with Crippen LogP contribution in [0.1, 0.15) is 37.4 Å². The fourth-order valence-electron chi connectivity index (χ4n) is 4.30. The van der Waals surface area contributed by atoms with Gasteiger partial charge in [0.15, 0.2) is 0 Å². The molecule has 0 atom stereocenters. The molecule has 1 aliphatic heterocycles. The fourth-order valence-corrected chi connectivity index (χ4v) is 4.30. The molecule has 0 fully saturated rings. The zero-order chi connectivity index (χ0) is 23.8. The molecule has 1 aliphatic rings. The molecular formula is C26H23FN4O3. The number of carbonyl (C=O) groups is 2. The number of anilines is 1. The van der Waals surface area contributed by atoms with Gasteiger partial charge in [0, 0.05) is 54.1 Å². The second kappa shape index (κ2) is 8.72. The van der Waals surface area contributed by atoms with Crippen LogP contribution in [0.5, 0.6) is 0 Å². The Labute approximate surface area is 195 Å². The van der Waals surface area contributed by atoms with Crippen LogP contribution in [0.3, 0.4) is 0 Å². The molecule has 0 unspecified atom stereocenters. The van der Waals surface area contributed by atoms with Gasteiger partial charge in [0.2, 0.25) is 0 Å². The molecule has 3 aromatic carbocycles. The Morgan fingerprint density at radius 2 is 1.88 bits per heavy atom. The van der Waals surface area contributed by atoms with Gasteiger partial charge < -0.3 is 15.3 Å². The minimum absolute atomic E-state index is 0.0732. The highest BCUT2D eigenvalue weighted by Gasteiger charge is 2.23. The topological polar surface area (TPSA) is 87.5 Å². The second-order valence-corrected chi connectivity index (χ2v) is 8.45. The summed E-state index contributed by atoms with van der Waals surface area (Å²) in [6.45, 7) is 0.545. The predicted molar refractivity (Wildman–Crippen MR) is 126 cm³/mol. The van der Waals surface area contributed by atoms with Crippen molar-refractivity contribution in [2.24, 2.45) is 7.05 Å². The van der Waals surface area contributed by atoms with E-state index in [0.29, 0.717) is 36.3 Å². The van der Waals surface area contributed by atoms with Crippen LogP contribution in [0, 0.1) is 5.82 Å². The summed E-state index contributed by atoms with van der Waals surface area (Å²) in [5, 5.41) is 17.3. The van der Waals surface area contributed by atoms with Crippen molar-refractivity contribution in [3.05, 3.63) is 94.4 Å². The van der Waals surface area contributed by atoms with Crippen LogP contribution in [-0.4, -0.2) is 38.1 Å². The number of amides is 2. The Morgan fingerprint density at radius 1 is 1.06 bits per heavy atom. The average Bonchev–Trinajstić information content (AvgIpc) is 3.23. The summed E-state index contributed by atoms with van der Waals surface area (Å²) in [6, 6.07) is 15.0. The van der Waals surface area contributed by atoms with Crippen molar-refractivity contribution in [2.75, 3.05) is 11.9 Å². The van der Waals surface area contributed by atoms with Gasteiger partial charge in [-0.05, 0) is 60.0 Å². The quantitative estimate of drug-likeness (QED) is 0.489. The number of benzene rings is 3. The number of aliphatic hydroxyl groups is 1. The first-order valence-corrected chi connectivity index (χ1v) is 11.0. The third-order valence-electron chi connectivity index (χ3n) is 6.11. The lowest BCUT2D eigenvalue weighted by molar-refractivity contribution is 0.0735. The van der Waals surface area contributed by atoms with Crippen molar-refractivity contribution >= 4 is 28.4 Å². The molecule has 8 heteroatoms. The molecule has 0 saturated heterocycles. The number of halogens is 1. The van der Waals surface area contributed by atoms with Gasteiger partial charge in [-0.2, -0.15) is 5.10 Å². The molecule has 5 rings (SSSR count). The zero-order valence-electron chi connectivity index (χ0n) is 18.6. The number of aryl methyl sites for hydroxylation is 1. The van der Waals surface area contributed by atoms with Crippen molar-refractivity contribution in [1.29, 1.82) is 0 Å². The normalized spacial score (nSPS) is 13.1. The smallest absolute Gasteiger partial charge is 0.255 e. The molecular weight excluding hydrogens is 435 g/mol. The second-order valence-electron chi connectivity index (χ2n) is 8.45. The number of nitrogens with one attached hydrogen (secondary N) is 1. The lowest BCUT2D eigenvalue weighted by Crippen LogP contribution is -2.36. The summed E-state index contributed by atoms with van der Waals surface area (Å²) in [7, 11) is 1.85. The Morgan fingerprint density at radius 3 is 2.71 bits per heavy atom. The number of aliphatic hydroxyl groups excluding tert-OH is 1. The maximum Gasteiger partial charge on any atom is 0.255 e. The fraction of sp³-hybridized carbons (Fsp3) is 0.192. The lowest BCUT2D eigenvalue weighted by atomic mass is 9.96. The number of fused-ring (bicyclic) bond motifs is 2. The summed E-state index contributed by atoms with van der Waals surface area (Å²) in [4.78, 5) is 27.7. The van der Waals surface area contributed by atoms with Crippen LogP contribution in [-0.2, 0) is 26.6 Å². The number of nitrogens with zero attached hydrogens (tertiary/aromatic N) is 3. The molecule has 0 saturated carbocycles. The molecule has 2 amide bonds. The van der Waals surface area contributed by atoms with E-state index in [1.807, 2.05) is 31.4 Å². The van der Waals surface area contributed by atoms with Crippen LogP contribution < -0.4 is 5.32 Å². The standard InChI is InChI=1S/C26H23FN4O3/c1-30-13-19-5-4-18(12-24(19)29-30)26(34)31-9-8-16-2-3-17(10-20(16)14-31)25(33)28-22-6-7-23(27)21(11-22)15-32/h2-7,10-13,32H,8-9,14-15H2,1H3,(H,28,33). The van der Waals surface area contributed by atoms with E-state index in [2.05, 4.69) is 10.4 Å². The number of carbonyl (C=O) groups excluding carboxylic acids is 2. The van der Waals surface area contributed by atoms with Gasteiger partial charge in [0.25, 0.3) is 11.8 Å². The molecule has 2 N–H and O–H groups in total. The van der Waals surface area contributed by atoms with E-state index in [0.717, 1.165) is 22.0 Å². The first kappa shape index (κ1) is 21.8. The molecule has 0 aliphatic carbocycles. The maximum atomic E-state index is 13.6. The van der Waals surface area contributed by atoms with Crippen molar-refractivity contribution in [3.8, 4) is 0 Å². The van der Waals surface area contributed by atoms with Gasteiger partial charge in [-0.1, -0.05) is 12.1 Å². The van der Waals surface area contributed by atoms with Gasteiger partial charge in [0.05, 0.1) is 12.1 Å². The van der Waals surface area contributed by atoms with Gasteiger partial charge in [-0.15, -0.1) is 0 Å². The summed E-state index contributed by atoms with van der Waals surface area (Å²) >= 11 is 0. The number of aromatic nitrogens is 2. The Kier molecular flexibility index (Phi) is 5.59. The minimum Gasteiger partial charge on any atom is -0.392 e. The molecule has 2 heterocycles. The van der Waals surface area contributed by atoms with E-state index in [-0.39, 0.29) is 17.4 Å². The van der Waals surface area contributed by atoms with Crippen molar-refractivity contribution in [2.45, 2.75) is 19.6 Å². The molecule has 0 bridgehead atoms. The summed E-state index contributed by atoms with van der Waals surface area (Å²) in [5.41, 5.74) is 4.33. The van der Waals surface area contributed by atoms with E-state index in [1.165, 1.54) is 18.2 Å². The first-order chi connectivity index (χ1) is 16.4. The van der Waals surface area contributed by atoms with Crippen LogP contribution in [0.2, 0.25) is 0 Å². The highest BCUT2D eigenvalue weighted by Crippen LogP contribution is 2.24. The first-order valence-electron chi connectivity index (χ1n) is 11.0. The SMILES string of the molecule is Cn1cc2ccc(C(=O)N3CCc4ccc(C(=O)Nc5ccc(F)c(CO)c5)cc4C3)cc2n1.